The zero-order chi connectivity index (χ0) is 16.8. The van der Waals surface area contributed by atoms with Crippen molar-refractivity contribution in [2.24, 2.45) is 0 Å². The molecule has 1 atom stereocenters. The highest BCUT2D eigenvalue weighted by Gasteiger charge is 2.12. The van der Waals surface area contributed by atoms with Gasteiger partial charge in [0.2, 0.25) is 0 Å². The second-order valence-corrected chi connectivity index (χ2v) is 6.19. The molecule has 0 unspecified atom stereocenters. The maximum Gasteiger partial charge on any atom is 0.315 e. The summed E-state index contributed by atoms with van der Waals surface area (Å²) in [6.07, 6.45) is 0.684. The molecule has 2 amide bonds. The van der Waals surface area contributed by atoms with Gasteiger partial charge in [-0.2, -0.15) is 0 Å². The van der Waals surface area contributed by atoms with Crippen LogP contribution in [0, 0.1) is 12.7 Å². The molecule has 0 bridgehead atoms. The van der Waals surface area contributed by atoms with Gasteiger partial charge in [-0.25, -0.2) is 14.2 Å². The number of benzene rings is 1. The Morgan fingerprint density at radius 1 is 1.48 bits per heavy atom. The fraction of sp³-hybridized carbons (Fsp3) is 0.375. The molecule has 1 aromatic carbocycles. The number of amides is 2. The number of hydrogen-bond donors (Lipinski definition) is 2. The first-order chi connectivity index (χ1) is 11.0. The standard InChI is InChI=1S/C16H20FN3O2S/c1-10(12-4-5-15(22-3)14(17)8-12)19-16(21)18-7-6-13-9-23-11(2)20-13/h4-5,8-10H,6-7H2,1-3H3,(H2,18,19,21)/t10-/m0/s1. The number of thiazole rings is 1. The highest BCUT2D eigenvalue weighted by atomic mass is 32.1. The number of methoxy groups -OCH3 is 1. The maximum atomic E-state index is 13.7. The van der Waals surface area contributed by atoms with E-state index in [2.05, 4.69) is 15.6 Å². The lowest BCUT2D eigenvalue weighted by Crippen LogP contribution is -2.38. The summed E-state index contributed by atoms with van der Waals surface area (Å²) in [5.74, 6) is -0.262. The molecule has 5 nitrogen and oxygen atoms in total. The fourth-order valence-electron chi connectivity index (χ4n) is 2.11. The summed E-state index contributed by atoms with van der Waals surface area (Å²) in [6.45, 7) is 4.24. The number of aromatic nitrogens is 1. The average molecular weight is 337 g/mol. The van der Waals surface area contributed by atoms with Gasteiger partial charge in [-0.3, -0.25) is 0 Å². The van der Waals surface area contributed by atoms with Crippen LogP contribution in [0.3, 0.4) is 0 Å². The molecule has 0 saturated carbocycles. The SMILES string of the molecule is COc1ccc([C@H](C)NC(=O)NCCc2csc(C)n2)cc1F. The number of ether oxygens (including phenoxy) is 1. The molecule has 124 valence electrons. The van der Waals surface area contributed by atoms with Crippen LogP contribution in [-0.4, -0.2) is 24.7 Å². The van der Waals surface area contributed by atoms with E-state index < -0.39 is 5.82 Å². The summed E-state index contributed by atoms with van der Waals surface area (Å²) < 4.78 is 18.6. The van der Waals surface area contributed by atoms with Crippen LogP contribution < -0.4 is 15.4 Å². The molecule has 0 fully saturated rings. The molecule has 7 heteroatoms. The molecular weight excluding hydrogens is 317 g/mol. The number of nitrogens with one attached hydrogen (secondary N) is 2. The summed E-state index contributed by atoms with van der Waals surface area (Å²) in [6, 6.07) is 4.04. The van der Waals surface area contributed by atoms with E-state index in [9.17, 15) is 9.18 Å². The smallest absolute Gasteiger partial charge is 0.315 e. The van der Waals surface area contributed by atoms with Crippen molar-refractivity contribution >= 4 is 17.4 Å². The molecule has 0 aliphatic heterocycles. The Morgan fingerprint density at radius 3 is 2.87 bits per heavy atom. The minimum Gasteiger partial charge on any atom is -0.494 e. The van der Waals surface area contributed by atoms with Crippen molar-refractivity contribution in [2.75, 3.05) is 13.7 Å². The number of aryl methyl sites for hydroxylation is 1. The van der Waals surface area contributed by atoms with Crippen molar-refractivity contribution in [1.29, 1.82) is 0 Å². The first-order valence-electron chi connectivity index (χ1n) is 7.28. The van der Waals surface area contributed by atoms with Crippen molar-refractivity contribution in [3.05, 3.63) is 45.7 Å². The molecule has 2 rings (SSSR count). The number of urea groups is 1. The molecule has 1 heterocycles. The number of halogens is 1. The molecule has 0 spiro atoms. The van der Waals surface area contributed by atoms with Gasteiger partial charge in [0.05, 0.1) is 23.9 Å². The predicted molar refractivity (Wildman–Crippen MR) is 88.5 cm³/mol. The number of rotatable bonds is 6. The van der Waals surface area contributed by atoms with Gasteiger partial charge < -0.3 is 15.4 Å². The molecule has 1 aromatic heterocycles. The summed E-state index contributed by atoms with van der Waals surface area (Å²) in [5.41, 5.74) is 1.65. The van der Waals surface area contributed by atoms with Gasteiger partial charge in [0.25, 0.3) is 0 Å². The third-order valence-corrected chi connectivity index (χ3v) is 4.18. The summed E-state index contributed by atoms with van der Waals surface area (Å²) in [5, 5.41) is 8.55. The third kappa shape index (κ3) is 4.92. The lowest BCUT2D eigenvalue weighted by Gasteiger charge is -2.15. The van der Waals surface area contributed by atoms with Gasteiger partial charge in [0.1, 0.15) is 0 Å². The highest BCUT2D eigenvalue weighted by molar-refractivity contribution is 7.09. The Balaban J connectivity index is 1.81. The van der Waals surface area contributed by atoms with Crippen LogP contribution in [0.25, 0.3) is 0 Å². The molecule has 2 aromatic rings. The van der Waals surface area contributed by atoms with E-state index >= 15 is 0 Å². The summed E-state index contributed by atoms with van der Waals surface area (Å²) >= 11 is 1.59. The van der Waals surface area contributed by atoms with E-state index in [1.165, 1.54) is 13.2 Å². The average Bonchev–Trinajstić information content (AvgIpc) is 2.92. The summed E-state index contributed by atoms with van der Waals surface area (Å²) in [4.78, 5) is 16.2. The largest absolute Gasteiger partial charge is 0.494 e. The van der Waals surface area contributed by atoms with Crippen LogP contribution >= 0.6 is 11.3 Å². The lowest BCUT2D eigenvalue weighted by atomic mass is 10.1. The van der Waals surface area contributed by atoms with E-state index in [-0.39, 0.29) is 17.8 Å². The molecule has 0 aliphatic carbocycles. The quantitative estimate of drug-likeness (QED) is 0.851. The maximum absolute atomic E-state index is 13.7. The van der Waals surface area contributed by atoms with Crippen molar-refractivity contribution in [1.82, 2.24) is 15.6 Å². The van der Waals surface area contributed by atoms with Crippen molar-refractivity contribution in [3.8, 4) is 5.75 Å². The van der Waals surface area contributed by atoms with Crippen LogP contribution in [0.15, 0.2) is 23.6 Å². The van der Waals surface area contributed by atoms with E-state index in [0.717, 1.165) is 10.7 Å². The number of hydrogen-bond acceptors (Lipinski definition) is 4. The predicted octanol–water partition coefficient (Wildman–Crippen LogP) is 3.20. The molecular formula is C16H20FN3O2S. The number of carbonyl (C=O) groups is 1. The topological polar surface area (TPSA) is 63.2 Å². The summed E-state index contributed by atoms with van der Waals surface area (Å²) in [7, 11) is 1.41. The van der Waals surface area contributed by atoms with Crippen LogP contribution in [-0.2, 0) is 6.42 Å². The zero-order valence-corrected chi connectivity index (χ0v) is 14.2. The Kier molecular flexibility index (Phi) is 5.92. The molecule has 0 aliphatic rings. The van der Waals surface area contributed by atoms with Crippen molar-refractivity contribution in [3.63, 3.8) is 0 Å². The Morgan fingerprint density at radius 2 is 2.26 bits per heavy atom. The lowest BCUT2D eigenvalue weighted by molar-refractivity contribution is 0.238. The van der Waals surface area contributed by atoms with Gasteiger partial charge >= 0.3 is 6.03 Å². The van der Waals surface area contributed by atoms with Gasteiger partial charge in [0, 0.05) is 18.3 Å². The van der Waals surface area contributed by atoms with Gasteiger partial charge in [-0.1, -0.05) is 6.07 Å². The Labute approximate surface area is 138 Å². The molecule has 0 radical (unpaired) electrons. The Bertz CT molecular complexity index is 675. The molecule has 0 saturated heterocycles. The van der Waals surface area contributed by atoms with E-state index in [1.54, 1.807) is 30.4 Å². The second kappa shape index (κ2) is 7.92. The van der Waals surface area contributed by atoms with Gasteiger partial charge in [-0.05, 0) is 31.5 Å². The second-order valence-electron chi connectivity index (χ2n) is 5.12. The minimum absolute atomic E-state index is 0.184. The molecule has 2 N–H and O–H groups in total. The van der Waals surface area contributed by atoms with Crippen LogP contribution in [0.1, 0.15) is 29.2 Å². The Hall–Kier alpha value is -2.15. The van der Waals surface area contributed by atoms with Gasteiger partial charge in [-0.15, -0.1) is 11.3 Å². The molecule has 23 heavy (non-hydrogen) atoms. The van der Waals surface area contributed by atoms with Crippen LogP contribution in [0.5, 0.6) is 5.75 Å². The zero-order valence-electron chi connectivity index (χ0n) is 13.4. The van der Waals surface area contributed by atoms with Crippen LogP contribution in [0.4, 0.5) is 9.18 Å². The first-order valence-corrected chi connectivity index (χ1v) is 8.16. The van der Waals surface area contributed by atoms with Crippen molar-refractivity contribution < 1.29 is 13.9 Å². The fourth-order valence-corrected chi connectivity index (χ4v) is 2.76. The number of nitrogens with zero attached hydrogens (tertiary/aromatic N) is 1. The monoisotopic (exact) mass is 337 g/mol. The third-order valence-electron chi connectivity index (χ3n) is 3.36. The van der Waals surface area contributed by atoms with E-state index in [4.69, 9.17) is 4.74 Å². The minimum atomic E-state index is -0.446. The van der Waals surface area contributed by atoms with E-state index in [1.807, 2.05) is 12.3 Å². The van der Waals surface area contributed by atoms with Gasteiger partial charge in [0.15, 0.2) is 11.6 Å². The highest BCUT2D eigenvalue weighted by Crippen LogP contribution is 2.21. The first kappa shape index (κ1) is 17.2. The van der Waals surface area contributed by atoms with E-state index in [0.29, 0.717) is 18.5 Å². The normalized spacial score (nSPS) is 11.8. The number of carbonyl (C=O) groups excluding carboxylic acids is 1. The van der Waals surface area contributed by atoms with Crippen LogP contribution in [0.2, 0.25) is 0 Å². The van der Waals surface area contributed by atoms with Crippen molar-refractivity contribution in [2.45, 2.75) is 26.3 Å².